The SMILES string of the molecule is NC(=O)c1nccc(-c2ccccn2)c1C(F)(F)F. The number of amides is 1. The molecule has 2 rings (SSSR count). The lowest BCUT2D eigenvalue weighted by atomic mass is 10.0. The van der Waals surface area contributed by atoms with Gasteiger partial charge in [-0.1, -0.05) is 6.07 Å². The second-order valence-corrected chi connectivity index (χ2v) is 3.66. The summed E-state index contributed by atoms with van der Waals surface area (Å²) >= 11 is 0. The number of alkyl halides is 3. The highest BCUT2D eigenvalue weighted by Gasteiger charge is 2.39. The van der Waals surface area contributed by atoms with Crippen LogP contribution in [0.5, 0.6) is 0 Å². The molecule has 4 nitrogen and oxygen atoms in total. The lowest BCUT2D eigenvalue weighted by Crippen LogP contribution is -2.21. The minimum absolute atomic E-state index is 0.0970. The number of carbonyl (C=O) groups is 1. The van der Waals surface area contributed by atoms with Crippen molar-refractivity contribution in [3.63, 3.8) is 0 Å². The summed E-state index contributed by atoms with van der Waals surface area (Å²) in [6, 6.07) is 5.69. The molecule has 98 valence electrons. The number of carbonyl (C=O) groups excluding carboxylic acids is 1. The Morgan fingerprint density at radius 1 is 1.11 bits per heavy atom. The quantitative estimate of drug-likeness (QED) is 0.907. The molecule has 0 bridgehead atoms. The zero-order valence-corrected chi connectivity index (χ0v) is 9.48. The summed E-state index contributed by atoms with van der Waals surface area (Å²) in [7, 11) is 0. The van der Waals surface area contributed by atoms with Crippen LogP contribution in [0.25, 0.3) is 11.3 Å². The van der Waals surface area contributed by atoms with Gasteiger partial charge in [0.05, 0.1) is 11.3 Å². The molecule has 19 heavy (non-hydrogen) atoms. The second kappa shape index (κ2) is 4.68. The molecule has 0 atom stereocenters. The molecule has 0 radical (unpaired) electrons. The van der Waals surface area contributed by atoms with Crippen LogP contribution < -0.4 is 5.73 Å². The van der Waals surface area contributed by atoms with E-state index < -0.39 is 23.3 Å². The van der Waals surface area contributed by atoms with Gasteiger partial charge in [-0.3, -0.25) is 14.8 Å². The predicted molar refractivity (Wildman–Crippen MR) is 61.0 cm³/mol. The highest BCUT2D eigenvalue weighted by atomic mass is 19.4. The number of primary amides is 1. The van der Waals surface area contributed by atoms with Crippen LogP contribution in [0.2, 0.25) is 0 Å². The Morgan fingerprint density at radius 3 is 2.37 bits per heavy atom. The number of hydrogen-bond donors (Lipinski definition) is 1. The summed E-state index contributed by atoms with van der Waals surface area (Å²) < 4.78 is 39.2. The zero-order chi connectivity index (χ0) is 14.0. The molecular formula is C12H8F3N3O. The molecule has 7 heteroatoms. The van der Waals surface area contributed by atoms with E-state index in [-0.39, 0.29) is 11.3 Å². The van der Waals surface area contributed by atoms with Crippen molar-refractivity contribution >= 4 is 5.91 Å². The summed E-state index contributed by atoms with van der Waals surface area (Å²) in [5.41, 5.74) is 2.83. The standard InChI is InChI=1S/C12H8F3N3O/c13-12(14,15)9-7(8-3-1-2-5-17-8)4-6-18-10(9)11(16)19/h1-6H,(H2,16,19). The van der Waals surface area contributed by atoms with Crippen LogP contribution in [0, 0.1) is 0 Å². The maximum Gasteiger partial charge on any atom is 0.419 e. The fourth-order valence-electron chi connectivity index (χ4n) is 1.67. The van der Waals surface area contributed by atoms with E-state index in [4.69, 9.17) is 5.73 Å². The van der Waals surface area contributed by atoms with E-state index >= 15 is 0 Å². The lowest BCUT2D eigenvalue weighted by molar-refractivity contribution is -0.137. The molecule has 2 heterocycles. The average Bonchev–Trinajstić information content (AvgIpc) is 2.38. The Bertz CT molecular complexity index is 611. The Kier molecular flexibility index (Phi) is 3.20. The molecule has 0 aliphatic heterocycles. The van der Waals surface area contributed by atoms with Crippen LogP contribution in [0.1, 0.15) is 16.1 Å². The van der Waals surface area contributed by atoms with E-state index in [0.717, 1.165) is 12.3 Å². The fraction of sp³-hybridized carbons (Fsp3) is 0.0833. The number of rotatable bonds is 2. The molecule has 2 aromatic heterocycles. The van der Waals surface area contributed by atoms with Gasteiger partial charge in [0.1, 0.15) is 5.69 Å². The lowest BCUT2D eigenvalue weighted by Gasteiger charge is -2.14. The number of nitrogens with zero attached hydrogens (tertiary/aromatic N) is 2. The molecule has 0 saturated heterocycles. The van der Waals surface area contributed by atoms with Crippen molar-refractivity contribution in [1.29, 1.82) is 0 Å². The van der Waals surface area contributed by atoms with Crippen LogP contribution in [0.4, 0.5) is 13.2 Å². The van der Waals surface area contributed by atoms with Crippen molar-refractivity contribution in [2.45, 2.75) is 6.18 Å². The Hall–Kier alpha value is -2.44. The third kappa shape index (κ3) is 2.54. The maximum atomic E-state index is 13.1. The first-order valence-corrected chi connectivity index (χ1v) is 5.18. The topological polar surface area (TPSA) is 68.9 Å². The van der Waals surface area contributed by atoms with Crippen LogP contribution in [0.15, 0.2) is 36.7 Å². The first kappa shape index (κ1) is 13.0. The number of hydrogen-bond acceptors (Lipinski definition) is 3. The fourth-order valence-corrected chi connectivity index (χ4v) is 1.67. The van der Waals surface area contributed by atoms with Gasteiger partial charge >= 0.3 is 6.18 Å². The second-order valence-electron chi connectivity index (χ2n) is 3.66. The predicted octanol–water partition coefficient (Wildman–Crippen LogP) is 2.26. The van der Waals surface area contributed by atoms with Crippen LogP contribution in [-0.2, 0) is 6.18 Å². The summed E-state index contributed by atoms with van der Waals surface area (Å²) in [4.78, 5) is 18.3. The molecule has 0 saturated carbocycles. The summed E-state index contributed by atoms with van der Waals surface area (Å²) in [5.74, 6) is -1.23. The third-order valence-electron chi connectivity index (χ3n) is 2.41. The van der Waals surface area contributed by atoms with Crippen LogP contribution in [0.3, 0.4) is 0 Å². The summed E-state index contributed by atoms with van der Waals surface area (Å²) in [6.07, 6.45) is -2.29. The van der Waals surface area contributed by atoms with Crippen molar-refractivity contribution in [2.24, 2.45) is 5.73 Å². The van der Waals surface area contributed by atoms with Crippen molar-refractivity contribution in [3.8, 4) is 11.3 Å². The Labute approximate surface area is 106 Å². The molecule has 0 unspecified atom stereocenters. The van der Waals surface area contributed by atoms with Crippen LogP contribution >= 0.6 is 0 Å². The summed E-state index contributed by atoms with van der Waals surface area (Å²) in [6.45, 7) is 0. The van der Waals surface area contributed by atoms with Gasteiger partial charge in [-0.15, -0.1) is 0 Å². The van der Waals surface area contributed by atoms with Gasteiger partial charge in [0.2, 0.25) is 0 Å². The average molecular weight is 267 g/mol. The number of nitrogens with two attached hydrogens (primary N) is 1. The molecular weight excluding hydrogens is 259 g/mol. The molecule has 0 fully saturated rings. The maximum absolute atomic E-state index is 13.1. The highest BCUT2D eigenvalue weighted by molar-refractivity contribution is 5.94. The highest BCUT2D eigenvalue weighted by Crippen LogP contribution is 2.37. The Morgan fingerprint density at radius 2 is 1.84 bits per heavy atom. The first-order valence-electron chi connectivity index (χ1n) is 5.18. The van der Waals surface area contributed by atoms with E-state index in [0.29, 0.717) is 0 Å². The number of halogens is 3. The Balaban J connectivity index is 2.75. The van der Waals surface area contributed by atoms with E-state index in [1.165, 1.54) is 12.3 Å². The van der Waals surface area contributed by atoms with Crippen LogP contribution in [-0.4, -0.2) is 15.9 Å². The smallest absolute Gasteiger partial charge is 0.364 e. The molecule has 0 aliphatic carbocycles. The molecule has 1 amide bonds. The van der Waals surface area contributed by atoms with E-state index in [9.17, 15) is 18.0 Å². The molecule has 2 N–H and O–H groups in total. The summed E-state index contributed by atoms with van der Waals surface area (Å²) in [5, 5.41) is 0. The van der Waals surface area contributed by atoms with Crippen molar-refractivity contribution < 1.29 is 18.0 Å². The minimum Gasteiger partial charge on any atom is -0.364 e. The van der Waals surface area contributed by atoms with Crippen molar-refractivity contribution in [3.05, 3.63) is 47.9 Å². The van der Waals surface area contributed by atoms with E-state index in [2.05, 4.69) is 9.97 Å². The van der Waals surface area contributed by atoms with Gasteiger partial charge in [-0.2, -0.15) is 13.2 Å². The van der Waals surface area contributed by atoms with Gasteiger partial charge in [0, 0.05) is 18.0 Å². The number of aromatic nitrogens is 2. The van der Waals surface area contributed by atoms with Gasteiger partial charge in [0.15, 0.2) is 0 Å². The molecule has 0 aromatic carbocycles. The molecule has 0 aliphatic rings. The van der Waals surface area contributed by atoms with E-state index in [1.807, 2.05) is 0 Å². The van der Waals surface area contributed by atoms with Gasteiger partial charge in [-0.05, 0) is 18.2 Å². The van der Waals surface area contributed by atoms with Gasteiger partial charge in [0.25, 0.3) is 5.91 Å². The molecule has 2 aromatic rings. The molecule has 0 spiro atoms. The van der Waals surface area contributed by atoms with Crippen molar-refractivity contribution in [2.75, 3.05) is 0 Å². The number of pyridine rings is 2. The third-order valence-corrected chi connectivity index (χ3v) is 2.41. The zero-order valence-electron chi connectivity index (χ0n) is 9.48. The van der Waals surface area contributed by atoms with E-state index in [1.54, 1.807) is 12.1 Å². The normalized spacial score (nSPS) is 11.3. The monoisotopic (exact) mass is 267 g/mol. The largest absolute Gasteiger partial charge is 0.419 e. The van der Waals surface area contributed by atoms with Gasteiger partial charge < -0.3 is 5.73 Å². The first-order chi connectivity index (χ1) is 8.91. The van der Waals surface area contributed by atoms with Gasteiger partial charge in [-0.25, -0.2) is 0 Å². The van der Waals surface area contributed by atoms with Crippen molar-refractivity contribution in [1.82, 2.24) is 9.97 Å². The minimum atomic E-state index is -4.74.